The minimum Gasteiger partial charge on any atom is -0.344 e. The first-order chi connectivity index (χ1) is 11.5. The summed E-state index contributed by atoms with van der Waals surface area (Å²) in [7, 11) is 0. The smallest absolute Gasteiger partial charge is 0.161 e. The maximum Gasteiger partial charge on any atom is 0.161 e. The highest BCUT2D eigenvalue weighted by atomic mass is 19.1. The maximum absolute atomic E-state index is 16.1. The molecule has 24 heavy (non-hydrogen) atoms. The molecule has 126 valence electrons. The summed E-state index contributed by atoms with van der Waals surface area (Å²) in [5.74, 6) is 0.690. The van der Waals surface area contributed by atoms with Crippen molar-refractivity contribution >= 4 is 17.2 Å². The highest BCUT2D eigenvalue weighted by Crippen LogP contribution is 2.56. The Kier molecular flexibility index (Phi) is 3.31. The van der Waals surface area contributed by atoms with Gasteiger partial charge in [-0.2, -0.15) is 0 Å². The second-order valence-corrected chi connectivity index (χ2v) is 7.04. The van der Waals surface area contributed by atoms with E-state index >= 15 is 4.39 Å². The zero-order valence-electron chi connectivity index (χ0n) is 14.6. The van der Waals surface area contributed by atoms with Crippen LogP contribution in [-0.2, 0) is 5.67 Å². The monoisotopic (exact) mass is 326 g/mol. The largest absolute Gasteiger partial charge is 0.344 e. The summed E-state index contributed by atoms with van der Waals surface area (Å²) in [6.07, 6.45) is 3.80. The fraction of sp³-hybridized carbons (Fsp3) is 0.474. The van der Waals surface area contributed by atoms with Crippen molar-refractivity contribution in [2.45, 2.75) is 52.0 Å². The number of halogens is 1. The van der Waals surface area contributed by atoms with Crippen LogP contribution in [0.4, 0.5) is 21.6 Å². The Balaban J connectivity index is 2.01. The third-order valence-corrected chi connectivity index (χ3v) is 5.58. The molecule has 0 fully saturated rings. The lowest BCUT2D eigenvalue weighted by Crippen LogP contribution is -2.56. The van der Waals surface area contributed by atoms with Gasteiger partial charge in [0.25, 0.3) is 0 Å². The van der Waals surface area contributed by atoms with Gasteiger partial charge in [-0.1, -0.05) is 32.0 Å². The second-order valence-electron chi connectivity index (χ2n) is 7.04. The summed E-state index contributed by atoms with van der Waals surface area (Å²) < 4.78 is 16.1. The van der Waals surface area contributed by atoms with E-state index < -0.39 is 5.67 Å². The number of alkyl halides is 1. The van der Waals surface area contributed by atoms with Crippen molar-refractivity contribution in [3.63, 3.8) is 0 Å². The number of hydrogen-bond acceptors (Lipinski definition) is 4. The van der Waals surface area contributed by atoms with Crippen molar-refractivity contribution in [2.75, 3.05) is 9.80 Å². The zero-order chi connectivity index (χ0) is 17.1. The third kappa shape index (κ3) is 1.78. The quantitative estimate of drug-likeness (QED) is 0.819. The van der Waals surface area contributed by atoms with Gasteiger partial charge in [0.05, 0.1) is 11.9 Å². The topological polar surface area (TPSA) is 32.3 Å². The van der Waals surface area contributed by atoms with Crippen LogP contribution in [0, 0.1) is 5.92 Å². The number of anilines is 3. The second kappa shape index (κ2) is 5.16. The van der Waals surface area contributed by atoms with Crippen LogP contribution in [0.5, 0.6) is 0 Å². The fourth-order valence-corrected chi connectivity index (χ4v) is 4.41. The molecule has 0 aliphatic carbocycles. The van der Waals surface area contributed by atoms with Crippen LogP contribution in [0.1, 0.15) is 39.7 Å². The molecule has 4 nitrogen and oxygen atoms in total. The molecule has 3 heterocycles. The molecule has 4 rings (SSSR count). The molecule has 3 atom stereocenters. The van der Waals surface area contributed by atoms with Crippen molar-refractivity contribution in [3.8, 4) is 0 Å². The number of nitrogens with zero attached hydrogens (tertiary/aromatic N) is 4. The molecule has 2 aromatic rings. The standard InChI is InChI=1S/C19H23FN4/c1-5-19(20)13(4)18-23(12(2)3)16-10-21-11-22-17(16)24(18)15-9-7-6-8-14(15)19/h6-13,18H,5H2,1-4H3. The lowest BCUT2D eigenvalue weighted by atomic mass is 9.75. The van der Waals surface area contributed by atoms with Gasteiger partial charge in [-0.05, 0) is 26.3 Å². The molecule has 0 spiro atoms. The molecule has 1 aromatic heterocycles. The molecule has 0 N–H and O–H groups in total. The van der Waals surface area contributed by atoms with Crippen LogP contribution < -0.4 is 9.80 Å². The van der Waals surface area contributed by atoms with E-state index in [0.29, 0.717) is 6.42 Å². The van der Waals surface area contributed by atoms with Crippen LogP contribution in [0.15, 0.2) is 36.8 Å². The highest BCUT2D eigenvalue weighted by molar-refractivity contribution is 5.83. The molecule has 2 aliphatic heterocycles. The van der Waals surface area contributed by atoms with Gasteiger partial charge in [0.15, 0.2) is 5.82 Å². The number of hydrogen-bond donors (Lipinski definition) is 0. The Hall–Kier alpha value is -2.17. The van der Waals surface area contributed by atoms with Gasteiger partial charge >= 0.3 is 0 Å². The van der Waals surface area contributed by atoms with E-state index in [-0.39, 0.29) is 18.1 Å². The molecule has 5 heteroatoms. The van der Waals surface area contributed by atoms with Gasteiger partial charge in [0.1, 0.15) is 23.8 Å². The van der Waals surface area contributed by atoms with Crippen LogP contribution in [-0.4, -0.2) is 22.2 Å². The Labute approximate surface area is 142 Å². The summed E-state index contributed by atoms with van der Waals surface area (Å²) >= 11 is 0. The van der Waals surface area contributed by atoms with E-state index in [1.807, 2.05) is 44.3 Å². The van der Waals surface area contributed by atoms with E-state index in [2.05, 4.69) is 33.6 Å². The van der Waals surface area contributed by atoms with E-state index in [1.54, 1.807) is 6.33 Å². The summed E-state index contributed by atoms with van der Waals surface area (Å²) in [5, 5.41) is 0. The Morgan fingerprint density at radius 3 is 2.71 bits per heavy atom. The van der Waals surface area contributed by atoms with Gasteiger partial charge in [0, 0.05) is 17.5 Å². The minimum absolute atomic E-state index is 0.0865. The molecule has 1 aromatic carbocycles. The summed E-state index contributed by atoms with van der Waals surface area (Å²) in [6, 6.07) is 8.06. The van der Waals surface area contributed by atoms with Crippen molar-refractivity contribution < 1.29 is 4.39 Å². The maximum atomic E-state index is 16.1. The highest BCUT2D eigenvalue weighted by Gasteiger charge is 2.55. The molecular formula is C19H23FN4. The predicted octanol–water partition coefficient (Wildman–Crippen LogP) is 4.39. The Morgan fingerprint density at radius 1 is 1.25 bits per heavy atom. The van der Waals surface area contributed by atoms with Gasteiger partial charge in [-0.25, -0.2) is 14.4 Å². The molecule has 0 radical (unpaired) electrons. The first-order valence-electron chi connectivity index (χ1n) is 8.66. The van der Waals surface area contributed by atoms with Crippen LogP contribution in [0.2, 0.25) is 0 Å². The molecule has 0 amide bonds. The molecular weight excluding hydrogens is 303 g/mol. The van der Waals surface area contributed by atoms with Crippen molar-refractivity contribution in [2.24, 2.45) is 5.92 Å². The van der Waals surface area contributed by atoms with Crippen molar-refractivity contribution in [1.29, 1.82) is 0 Å². The fourth-order valence-electron chi connectivity index (χ4n) is 4.41. The lowest BCUT2D eigenvalue weighted by molar-refractivity contribution is 0.0587. The van der Waals surface area contributed by atoms with Crippen LogP contribution in [0.3, 0.4) is 0 Å². The summed E-state index contributed by atoms with van der Waals surface area (Å²) in [6.45, 7) is 8.23. The lowest BCUT2D eigenvalue weighted by Gasteiger charge is -2.49. The van der Waals surface area contributed by atoms with Gasteiger partial charge < -0.3 is 9.80 Å². The number of benzene rings is 1. The van der Waals surface area contributed by atoms with Gasteiger partial charge in [0.2, 0.25) is 0 Å². The minimum atomic E-state index is -1.35. The van der Waals surface area contributed by atoms with Crippen molar-refractivity contribution in [3.05, 3.63) is 42.4 Å². The number of fused-ring (bicyclic) bond motifs is 5. The summed E-state index contributed by atoms with van der Waals surface area (Å²) in [5.41, 5.74) is 1.33. The Morgan fingerprint density at radius 2 is 2.00 bits per heavy atom. The van der Waals surface area contributed by atoms with E-state index in [0.717, 1.165) is 22.8 Å². The van der Waals surface area contributed by atoms with E-state index in [1.165, 1.54) is 0 Å². The van der Waals surface area contributed by atoms with E-state index in [9.17, 15) is 0 Å². The molecule has 2 aliphatic rings. The molecule has 3 unspecified atom stereocenters. The molecule has 0 saturated carbocycles. The Bertz CT molecular complexity index is 777. The first-order valence-corrected chi connectivity index (χ1v) is 8.66. The molecule has 0 saturated heterocycles. The average Bonchev–Trinajstić information content (AvgIpc) is 2.95. The number of para-hydroxylation sites is 1. The first kappa shape index (κ1) is 15.4. The summed E-state index contributed by atoms with van der Waals surface area (Å²) in [4.78, 5) is 13.2. The average molecular weight is 326 g/mol. The SMILES string of the molecule is CCC1(F)c2ccccc2N2c3ncncc3N(C(C)C)C2C1C. The predicted molar refractivity (Wildman–Crippen MR) is 94.3 cm³/mol. The molecule has 0 bridgehead atoms. The number of aromatic nitrogens is 2. The van der Waals surface area contributed by atoms with Crippen LogP contribution >= 0.6 is 0 Å². The third-order valence-electron chi connectivity index (χ3n) is 5.58. The van der Waals surface area contributed by atoms with E-state index in [4.69, 9.17) is 0 Å². The van der Waals surface area contributed by atoms with Gasteiger partial charge in [-0.15, -0.1) is 0 Å². The number of rotatable bonds is 2. The van der Waals surface area contributed by atoms with Crippen LogP contribution in [0.25, 0.3) is 0 Å². The zero-order valence-corrected chi connectivity index (χ0v) is 14.6. The van der Waals surface area contributed by atoms with Gasteiger partial charge in [-0.3, -0.25) is 0 Å². The normalized spacial score (nSPS) is 27.9. The van der Waals surface area contributed by atoms with Crippen molar-refractivity contribution in [1.82, 2.24) is 9.97 Å².